The number of nitrogens with zero attached hydrogens (tertiary/aromatic N) is 2. The largest absolute Gasteiger partial charge is 0.325 e. The van der Waals surface area contributed by atoms with Gasteiger partial charge in [-0.1, -0.05) is 36.8 Å². The van der Waals surface area contributed by atoms with Crippen molar-refractivity contribution < 1.29 is 18.0 Å². The number of halogens is 1. The Kier molecular flexibility index (Phi) is 7.28. The Morgan fingerprint density at radius 2 is 1.81 bits per heavy atom. The van der Waals surface area contributed by atoms with Gasteiger partial charge in [-0.05, 0) is 37.1 Å². The number of rotatable bonds is 8. The van der Waals surface area contributed by atoms with Gasteiger partial charge in [0.05, 0.1) is 0 Å². The van der Waals surface area contributed by atoms with Crippen LogP contribution in [0.2, 0.25) is 5.02 Å². The van der Waals surface area contributed by atoms with Gasteiger partial charge < -0.3 is 5.32 Å². The van der Waals surface area contributed by atoms with Crippen LogP contribution in [0, 0.1) is 0 Å². The van der Waals surface area contributed by atoms with Crippen molar-refractivity contribution in [3.63, 3.8) is 0 Å². The molecule has 1 unspecified atom stereocenters. The minimum absolute atomic E-state index is 0.0296. The molecule has 2 rings (SSSR count). The molecule has 1 aromatic carbocycles. The summed E-state index contributed by atoms with van der Waals surface area (Å²) in [6, 6.07) is 6.25. The number of aromatic nitrogens is 2. The maximum absolute atomic E-state index is 12.5. The Bertz CT molecular complexity index is 913. The Morgan fingerprint density at radius 3 is 2.37 bits per heavy atom. The van der Waals surface area contributed by atoms with Crippen molar-refractivity contribution in [1.29, 1.82) is 0 Å². The third kappa shape index (κ3) is 5.98. The van der Waals surface area contributed by atoms with E-state index in [9.17, 15) is 18.0 Å². The SMILES string of the molecule is CCc1nnc(NC(=O)C(CC)S(=O)(=O)CC(=O)Nc2ccc(Cl)cc2)s1. The van der Waals surface area contributed by atoms with E-state index in [1.165, 1.54) is 11.3 Å². The van der Waals surface area contributed by atoms with E-state index in [0.29, 0.717) is 17.1 Å². The second kappa shape index (κ2) is 9.25. The fraction of sp³-hybridized carbons (Fsp3) is 0.375. The Morgan fingerprint density at radius 1 is 1.15 bits per heavy atom. The van der Waals surface area contributed by atoms with Gasteiger partial charge >= 0.3 is 0 Å². The van der Waals surface area contributed by atoms with E-state index in [0.717, 1.165) is 5.01 Å². The third-order valence-electron chi connectivity index (χ3n) is 3.56. The lowest BCUT2D eigenvalue weighted by Gasteiger charge is -2.14. The molecule has 0 saturated heterocycles. The summed E-state index contributed by atoms with van der Waals surface area (Å²) in [6.45, 7) is 3.46. The third-order valence-corrected chi connectivity index (χ3v) is 6.87. The summed E-state index contributed by atoms with van der Waals surface area (Å²) >= 11 is 6.94. The van der Waals surface area contributed by atoms with Gasteiger partial charge in [-0.2, -0.15) is 0 Å². The van der Waals surface area contributed by atoms with E-state index in [1.807, 2.05) is 6.92 Å². The number of carbonyl (C=O) groups is 2. The van der Waals surface area contributed by atoms with Crippen LogP contribution in [-0.2, 0) is 25.8 Å². The lowest BCUT2D eigenvalue weighted by molar-refractivity contribution is -0.115. The van der Waals surface area contributed by atoms with Gasteiger partial charge in [0.1, 0.15) is 16.0 Å². The van der Waals surface area contributed by atoms with Crippen LogP contribution in [-0.4, -0.2) is 41.4 Å². The number of benzene rings is 1. The zero-order valence-electron chi connectivity index (χ0n) is 14.7. The summed E-state index contributed by atoms with van der Waals surface area (Å²) in [4.78, 5) is 24.4. The van der Waals surface area contributed by atoms with Crippen molar-refractivity contribution in [1.82, 2.24) is 10.2 Å². The van der Waals surface area contributed by atoms with E-state index in [-0.39, 0.29) is 11.6 Å². The van der Waals surface area contributed by atoms with Crippen LogP contribution in [0.1, 0.15) is 25.3 Å². The molecule has 27 heavy (non-hydrogen) atoms. The van der Waals surface area contributed by atoms with E-state index in [4.69, 9.17) is 11.6 Å². The molecule has 8 nitrogen and oxygen atoms in total. The van der Waals surface area contributed by atoms with Gasteiger partial charge in [-0.3, -0.25) is 14.9 Å². The van der Waals surface area contributed by atoms with Crippen molar-refractivity contribution in [2.24, 2.45) is 0 Å². The van der Waals surface area contributed by atoms with Gasteiger partial charge in [0, 0.05) is 10.7 Å². The molecule has 2 amide bonds. The van der Waals surface area contributed by atoms with E-state index >= 15 is 0 Å². The maximum Gasteiger partial charge on any atom is 0.244 e. The number of nitrogens with one attached hydrogen (secondary N) is 2. The Hall–Kier alpha value is -2.04. The predicted octanol–water partition coefficient (Wildman–Crippen LogP) is 2.52. The molecule has 0 fully saturated rings. The molecule has 2 aromatic rings. The first-order valence-corrected chi connectivity index (χ1v) is 11.1. The Balaban J connectivity index is 2.03. The minimum atomic E-state index is -4.01. The summed E-state index contributed by atoms with van der Waals surface area (Å²) in [5.41, 5.74) is 0.415. The van der Waals surface area contributed by atoms with Crippen molar-refractivity contribution in [3.8, 4) is 0 Å². The van der Waals surface area contributed by atoms with Gasteiger partial charge in [-0.25, -0.2) is 8.42 Å². The standard InChI is InChI=1S/C16H19ClN4O4S2/c1-3-12(15(23)19-16-21-20-14(4-2)26-16)27(24,25)9-13(22)18-11-7-5-10(17)6-8-11/h5-8,12H,3-4,9H2,1-2H3,(H,18,22)(H,19,21,23). The summed E-state index contributed by atoms with van der Waals surface area (Å²) in [6.07, 6.45) is 0.690. The highest BCUT2D eigenvalue weighted by Crippen LogP contribution is 2.18. The molecule has 0 aliphatic heterocycles. The van der Waals surface area contributed by atoms with Crippen LogP contribution >= 0.6 is 22.9 Å². The summed E-state index contributed by atoms with van der Waals surface area (Å²) in [5, 5.41) is 12.7. The average molecular weight is 431 g/mol. The van der Waals surface area contributed by atoms with Crippen LogP contribution in [0.4, 0.5) is 10.8 Å². The molecule has 0 aliphatic rings. The van der Waals surface area contributed by atoms with E-state index in [1.54, 1.807) is 31.2 Å². The highest BCUT2D eigenvalue weighted by atomic mass is 35.5. The number of hydrogen-bond donors (Lipinski definition) is 2. The smallest absolute Gasteiger partial charge is 0.244 e. The molecule has 0 saturated carbocycles. The van der Waals surface area contributed by atoms with Crippen molar-refractivity contribution in [2.75, 3.05) is 16.4 Å². The number of aryl methyl sites for hydroxylation is 1. The van der Waals surface area contributed by atoms with E-state index < -0.39 is 32.7 Å². The fourth-order valence-electron chi connectivity index (χ4n) is 2.25. The van der Waals surface area contributed by atoms with Crippen molar-refractivity contribution in [2.45, 2.75) is 31.9 Å². The molecule has 0 spiro atoms. The van der Waals surface area contributed by atoms with Crippen LogP contribution in [0.5, 0.6) is 0 Å². The van der Waals surface area contributed by atoms with Crippen molar-refractivity contribution in [3.05, 3.63) is 34.3 Å². The van der Waals surface area contributed by atoms with Gasteiger partial charge in [-0.15, -0.1) is 10.2 Å². The number of amides is 2. The molecule has 0 aliphatic carbocycles. The van der Waals surface area contributed by atoms with Crippen LogP contribution in [0.15, 0.2) is 24.3 Å². The molecule has 1 heterocycles. The summed E-state index contributed by atoms with van der Waals surface area (Å²) < 4.78 is 25.1. The predicted molar refractivity (Wildman–Crippen MR) is 106 cm³/mol. The normalized spacial score (nSPS) is 12.4. The molecule has 1 aromatic heterocycles. The van der Waals surface area contributed by atoms with Crippen LogP contribution in [0.25, 0.3) is 0 Å². The molecular weight excluding hydrogens is 412 g/mol. The van der Waals surface area contributed by atoms with Gasteiger partial charge in [0.2, 0.25) is 16.9 Å². The molecule has 2 N–H and O–H groups in total. The molecular formula is C16H19ClN4O4S2. The monoisotopic (exact) mass is 430 g/mol. The average Bonchev–Trinajstić information content (AvgIpc) is 3.04. The Labute approximate surface area is 166 Å². The zero-order chi connectivity index (χ0) is 20.0. The second-order valence-corrected chi connectivity index (χ2v) is 9.28. The van der Waals surface area contributed by atoms with Gasteiger partial charge in [0.15, 0.2) is 9.84 Å². The lowest BCUT2D eigenvalue weighted by Crippen LogP contribution is -2.39. The topological polar surface area (TPSA) is 118 Å². The summed E-state index contributed by atoms with van der Waals surface area (Å²) in [5.74, 6) is -2.26. The number of carbonyl (C=O) groups excluding carboxylic acids is 2. The van der Waals surface area contributed by atoms with Crippen LogP contribution < -0.4 is 10.6 Å². The van der Waals surface area contributed by atoms with Crippen LogP contribution in [0.3, 0.4) is 0 Å². The zero-order valence-corrected chi connectivity index (χ0v) is 17.1. The molecule has 11 heteroatoms. The quantitative estimate of drug-likeness (QED) is 0.664. The van der Waals surface area contributed by atoms with Crippen molar-refractivity contribution >= 4 is 55.4 Å². The number of sulfone groups is 1. The summed E-state index contributed by atoms with van der Waals surface area (Å²) in [7, 11) is -4.01. The molecule has 146 valence electrons. The number of hydrogen-bond acceptors (Lipinski definition) is 7. The van der Waals surface area contributed by atoms with E-state index in [2.05, 4.69) is 20.8 Å². The second-order valence-electron chi connectivity index (χ2n) is 5.60. The fourth-order valence-corrected chi connectivity index (χ4v) is 4.59. The molecule has 1 atom stereocenters. The molecule has 0 radical (unpaired) electrons. The first-order valence-electron chi connectivity index (χ1n) is 8.15. The molecule has 0 bridgehead atoms. The highest BCUT2D eigenvalue weighted by molar-refractivity contribution is 7.93. The first kappa shape index (κ1) is 21.3. The lowest BCUT2D eigenvalue weighted by atomic mass is 10.3. The minimum Gasteiger partial charge on any atom is -0.325 e. The first-order chi connectivity index (χ1) is 12.7. The highest BCUT2D eigenvalue weighted by Gasteiger charge is 2.33. The van der Waals surface area contributed by atoms with Gasteiger partial charge in [0.25, 0.3) is 0 Å². The maximum atomic E-state index is 12.5. The number of anilines is 2.